The lowest BCUT2D eigenvalue weighted by Crippen LogP contribution is -2.55. The van der Waals surface area contributed by atoms with E-state index in [-0.39, 0.29) is 23.1 Å². The van der Waals surface area contributed by atoms with E-state index in [1.54, 1.807) is 4.90 Å². The summed E-state index contributed by atoms with van der Waals surface area (Å²) in [5, 5.41) is 21.2. The number of azide groups is 1. The first-order valence-electron chi connectivity index (χ1n) is 9.99. The predicted molar refractivity (Wildman–Crippen MR) is 118 cm³/mol. The number of rotatable bonds is 6. The smallest absolute Gasteiger partial charge is 0.303 e. The van der Waals surface area contributed by atoms with E-state index in [2.05, 4.69) is 58.9 Å². The van der Waals surface area contributed by atoms with E-state index in [4.69, 9.17) is 20.1 Å². The van der Waals surface area contributed by atoms with Gasteiger partial charge in [0, 0.05) is 10.8 Å². The lowest BCUT2D eigenvalue weighted by atomic mass is 9.95. The van der Waals surface area contributed by atoms with E-state index >= 15 is 0 Å². The second-order valence-electron chi connectivity index (χ2n) is 9.40. The molecule has 0 amide bonds. The van der Waals surface area contributed by atoms with Gasteiger partial charge in [0.15, 0.2) is 26.2 Å². The summed E-state index contributed by atoms with van der Waals surface area (Å²) >= 11 is 0. The number of carbonyl (C=O) groups is 1. The number of fused-ring (bicyclic) bond motifs is 1. The first-order valence-corrected chi connectivity index (χ1v) is 12.9. The SMILES string of the molecule is C[C@H]1O[C@@H](N2C=NC3(N=[N+]=[N-])C(=N)N=CN=C23)[C@H](O[Si](C)(C)C(C)(C)C)[C@@H]1CC(=O)O. The molecule has 3 rings (SSSR count). The monoisotopic (exact) mass is 448 g/mol. The Hall–Kier alpha value is -2.60. The molecule has 2 N–H and O–H groups in total. The number of ether oxygens (including phenoxy) is 1. The van der Waals surface area contributed by atoms with Gasteiger partial charge in [-0.25, -0.2) is 15.0 Å². The molecule has 0 aliphatic carbocycles. The van der Waals surface area contributed by atoms with Crippen LogP contribution in [0.1, 0.15) is 34.1 Å². The van der Waals surface area contributed by atoms with Gasteiger partial charge in [0.25, 0.3) is 5.66 Å². The van der Waals surface area contributed by atoms with Crippen molar-refractivity contribution in [2.24, 2.45) is 26.0 Å². The van der Waals surface area contributed by atoms with Crippen LogP contribution in [0.5, 0.6) is 0 Å². The summed E-state index contributed by atoms with van der Waals surface area (Å²) in [6, 6.07) is 0. The van der Waals surface area contributed by atoms with Crippen LogP contribution in [0.4, 0.5) is 0 Å². The summed E-state index contributed by atoms with van der Waals surface area (Å²) in [5.41, 5.74) is 7.35. The zero-order valence-corrected chi connectivity index (χ0v) is 19.5. The van der Waals surface area contributed by atoms with Crippen molar-refractivity contribution in [1.82, 2.24) is 4.90 Å². The van der Waals surface area contributed by atoms with Crippen molar-refractivity contribution in [2.45, 2.75) is 76.3 Å². The zero-order chi connectivity index (χ0) is 23.2. The highest BCUT2D eigenvalue weighted by molar-refractivity contribution is 6.74. The highest BCUT2D eigenvalue weighted by Gasteiger charge is 2.56. The van der Waals surface area contributed by atoms with E-state index in [1.807, 2.05) is 6.92 Å². The third-order valence-electron chi connectivity index (χ3n) is 6.39. The minimum atomic E-state index is -2.31. The fraction of sp³-hybridized carbons (Fsp3) is 0.722. The standard InChI is InChI=1S/C18H28N8O4Si/c1-10-11(7-12(27)28)13(30-31(5,6)17(2,3)4)14(29-10)26-9-23-18(24-25-20)15(19)21-8-22-16(18)26/h8-11,13-14,19H,7H2,1-6H3,(H,27,28)/t10-,11-,13-,14-,18?/m1/s1. The molecular formula is C18H28N8O4Si. The van der Waals surface area contributed by atoms with Gasteiger partial charge in [-0.1, -0.05) is 20.8 Å². The first-order chi connectivity index (χ1) is 14.3. The van der Waals surface area contributed by atoms with Gasteiger partial charge in [0.1, 0.15) is 6.34 Å². The van der Waals surface area contributed by atoms with Crippen molar-refractivity contribution in [3.63, 3.8) is 0 Å². The molecular weight excluding hydrogens is 420 g/mol. The van der Waals surface area contributed by atoms with Crippen LogP contribution in [0, 0.1) is 11.3 Å². The molecule has 31 heavy (non-hydrogen) atoms. The molecule has 12 nitrogen and oxygen atoms in total. The maximum Gasteiger partial charge on any atom is 0.303 e. The van der Waals surface area contributed by atoms with Crippen LogP contribution in [0.25, 0.3) is 10.4 Å². The summed E-state index contributed by atoms with van der Waals surface area (Å²) in [4.78, 5) is 28.3. The van der Waals surface area contributed by atoms with Gasteiger partial charge in [-0.05, 0) is 35.7 Å². The number of hydrogen-bond acceptors (Lipinski definition) is 8. The van der Waals surface area contributed by atoms with Gasteiger partial charge in [-0.2, -0.15) is 0 Å². The molecule has 0 saturated carbocycles. The van der Waals surface area contributed by atoms with Gasteiger partial charge in [-0.15, -0.1) is 0 Å². The Morgan fingerprint density at radius 1 is 1.52 bits per heavy atom. The fourth-order valence-electron chi connectivity index (χ4n) is 3.61. The summed E-state index contributed by atoms with van der Waals surface area (Å²) in [7, 11) is -2.31. The Labute approximate surface area is 181 Å². The molecule has 0 aromatic rings. The maximum absolute atomic E-state index is 11.6. The highest BCUT2D eigenvalue weighted by Crippen LogP contribution is 2.43. The first kappa shape index (κ1) is 23.1. The van der Waals surface area contributed by atoms with Crippen molar-refractivity contribution in [2.75, 3.05) is 0 Å². The molecule has 0 aromatic heterocycles. The number of carboxylic acid groups (broad SMARTS) is 1. The van der Waals surface area contributed by atoms with Crippen molar-refractivity contribution in [3.05, 3.63) is 10.4 Å². The van der Waals surface area contributed by atoms with Crippen molar-refractivity contribution < 1.29 is 19.1 Å². The van der Waals surface area contributed by atoms with Crippen LogP contribution in [-0.4, -0.2) is 72.7 Å². The maximum atomic E-state index is 11.6. The van der Waals surface area contributed by atoms with Crippen molar-refractivity contribution in [3.8, 4) is 0 Å². The third-order valence-corrected chi connectivity index (χ3v) is 10.9. The quantitative estimate of drug-likeness (QED) is 0.275. The number of hydrogen-bond donors (Lipinski definition) is 2. The average Bonchev–Trinajstić information content (AvgIpc) is 3.15. The molecule has 0 spiro atoms. The van der Waals surface area contributed by atoms with E-state index < -0.39 is 44.3 Å². The molecule has 1 fully saturated rings. The van der Waals surface area contributed by atoms with E-state index in [0.717, 1.165) is 0 Å². The van der Waals surface area contributed by atoms with Crippen LogP contribution >= 0.6 is 0 Å². The Morgan fingerprint density at radius 3 is 2.77 bits per heavy atom. The van der Waals surface area contributed by atoms with E-state index in [0.29, 0.717) is 0 Å². The molecule has 3 aliphatic heterocycles. The van der Waals surface area contributed by atoms with Gasteiger partial charge in [0.05, 0.1) is 25.0 Å². The Balaban J connectivity index is 2.02. The van der Waals surface area contributed by atoms with Gasteiger partial charge in [0.2, 0.25) is 0 Å². The Morgan fingerprint density at radius 2 is 2.19 bits per heavy atom. The summed E-state index contributed by atoms with van der Waals surface area (Å²) in [5.74, 6) is -1.42. The highest BCUT2D eigenvalue weighted by atomic mass is 28.4. The van der Waals surface area contributed by atoms with E-state index in [9.17, 15) is 9.90 Å². The van der Waals surface area contributed by atoms with Crippen LogP contribution in [0.15, 0.2) is 20.1 Å². The number of nitrogens with one attached hydrogen (secondary N) is 1. The number of carboxylic acids is 1. The summed E-state index contributed by atoms with van der Waals surface area (Å²) in [6.45, 7) is 12.3. The molecule has 0 radical (unpaired) electrons. The summed E-state index contributed by atoms with van der Waals surface area (Å²) < 4.78 is 12.8. The Bertz CT molecular complexity index is 920. The van der Waals surface area contributed by atoms with Gasteiger partial charge in [-0.3, -0.25) is 15.1 Å². The van der Waals surface area contributed by atoms with Crippen molar-refractivity contribution >= 4 is 38.6 Å². The van der Waals surface area contributed by atoms with Crippen LogP contribution in [0.3, 0.4) is 0 Å². The minimum absolute atomic E-state index is 0.109. The second kappa shape index (κ2) is 7.82. The molecule has 1 saturated heterocycles. The largest absolute Gasteiger partial charge is 0.481 e. The van der Waals surface area contributed by atoms with Gasteiger partial charge >= 0.3 is 5.97 Å². The lowest BCUT2D eigenvalue weighted by molar-refractivity contribution is -0.139. The normalized spacial score (nSPS) is 32.6. The van der Waals surface area contributed by atoms with Crippen LogP contribution in [-0.2, 0) is 14.0 Å². The minimum Gasteiger partial charge on any atom is -0.481 e. The van der Waals surface area contributed by atoms with Crippen LogP contribution in [0.2, 0.25) is 18.1 Å². The number of aliphatic carboxylic acids is 1. The molecule has 1 unspecified atom stereocenters. The molecule has 0 aromatic carbocycles. The average molecular weight is 449 g/mol. The van der Waals surface area contributed by atoms with Crippen LogP contribution < -0.4 is 0 Å². The number of aliphatic imine (C=N–C) groups is 3. The topological polar surface area (TPSA) is 169 Å². The third kappa shape index (κ3) is 3.89. The molecule has 3 aliphatic rings. The molecule has 0 bridgehead atoms. The molecule has 168 valence electrons. The molecule has 5 atom stereocenters. The number of amidine groups is 2. The zero-order valence-electron chi connectivity index (χ0n) is 18.5. The fourth-order valence-corrected chi connectivity index (χ4v) is 4.93. The van der Waals surface area contributed by atoms with E-state index in [1.165, 1.54) is 12.7 Å². The predicted octanol–water partition coefficient (Wildman–Crippen LogP) is 2.98. The number of nitrogens with zero attached hydrogens (tertiary/aromatic N) is 7. The molecule has 13 heteroatoms. The van der Waals surface area contributed by atoms with Crippen molar-refractivity contribution in [1.29, 1.82) is 5.41 Å². The summed E-state index contributed by atoms with van der Waals surface area (Å²) in [6.07, 6.45) is 0.742. The Kier molecular flexibility index (Phi) is 5.82. The van der Waals surface area contributed by atoms with Gasteiger partial charge < -0.3 is 14.3 Å². The second-order valence-corrected chi connectivity index (χ2v) is 14.2. The molecule has 3 heterocycles. The lowest BCUT2D eigenvalue weighted by Gasteiger charge is -2.42.